The second kappa shape index (κ2) is 6.71. The largest absolute Gasteiger partial charge is 0.311 e. The molecule has 118 valence electrons. The Morgan fingerprint density at radius 1 is 1.17 bits per heavy atom. The molecule has 3 aromatic rings. The van der Waals surface area contributed by atoms with E-state index in [9.17, 15) is 4.79 Å². The van der Waals surface area contributed by atoms with E-state index in [0.717, 1.165) is 17.6 Å². The SMILES string of the molecule is Cc1ccnc(C)c1CNCCn1ncc2ccccc2c1=O. The first kappa shape index (κ1) is 15.4. The van der Waals surface area contributed by atoms with E-state index in [-0.39, 0.29) is 5.56 Å². The van der Waals surface area contributed by atoms with Gasteiger partial charge in [-0.25, -0.2) is 4.68 Å². The van der Waals surface area contributed by atoms with Gasteiger partial charge in [-0.1, -0.05) is 18.2 Å². The number of hydrogen-bond donors (Lipinski definition) is 1. The molecule has 5 nitrogen and oxygen atoms in total. The Morgan fingerprint density at radius 3 is 2.83 bits per heavy atom. The number of rotatable bonds is 5. The fourth-order valence-corrected chi connectivity index (χ4v) is 2.68. The minimum atomic E-state index is -0.0429. The molecule has 0 saturated carbocycles. The van der Waals surface area contributed by atoms with Crippen molar-refractivity contribution in [2.45, 2.75) is 26.9 Å². The minimum Gasteiger partial charge on any atom is -0.311 e. The van der Waals surface area contributed by atoms with Gasteiger partial charge in [-0.2, -0.15) is 5.10 Å². The van der Waals surface area contributed by atoms with Gasteiger partial charge in [-0.15, -0.1) is 0 Å². The Labute approximate surface area is 135 Å². The Hall–Kier alpha value is -2.53. The van der Waals surface area contributed by atoms with E-state index in [1.165, 1.54) is 15.8 Å². The summed E-state index contributed by atoms with van der Waals surface area (Å²) in [6.07, 6.45) is 3.57. The highest BCUT2D eigenvalue weighted by Gasteiger charge is 2.05. The lowest BCUT2D eigenvalue weighted by Crippen LogP contribution is -2.29. The molecule has 1 N–H and O–H groups in total. The van der Waals surface area contributed by atoms with Gasteiger partial charge in [-0.05, 0) is 37.1 Å². The van der Waals surface area contributed by atoms with Crippen molar-refractivity contribution in [1.82, 2.24) is 20.1 Å². The molecule has 2 aromatic heterocycles. The standard InChI is InChI=1S/C18H20N4O/c1-13-7-8-20-14(2)17(13)12-19-9-10-22-18(23)16-6-4-3-5-15(16)11-21-22/h3-8,11,19H,9-10,12H2,1-2H3. The number of benzene rings is 1. The van der Waals surface area contributed by atoms with Crippen molar-refractivity contribution in [3.05, 3.63) is 69.9 Å². The molecule has 0 amide bonds. The number of fused-ring (bicyclic) bond motifs is 1. The van der Waals surface area contributed by atoms with Gasteiger partial charge < -0.3 is 5.32 Å². The van der Waals surface area contributed by atoms with E-state index in [0.29, 0.717) is 18.5 Å². The zero-order valence-electron chi connectivity index (χ0n) is 13.4. The average Bonchev–Trinajstić information content (AvgIpc) is 2.56. The van der Waals surface area contributed by atoms with Crippen LogP contribution in [0.4, 0.5) is 0 Å². The first-order valence-corrected chi connectivity index (χ1v) is 7.73. The van der Waals surface area contributed by atoms with Gasteiger partial charge in [0.05, 0.1) is 18.1 Å². The molecule has 0 unspecified atom stereocenters. The molecule has 0 aliphatic rings. The maximum atomic E-state index is 12.4. The molecule has 0 bridgehead atoms. The molecule has 0 fully saturated rings. The number of pyridine rings is 1. The highest BCUT2D eigenvalue weighted by molar-refractivity contribution is 5.80. The molecule has 5 heteroatoms. The first-order chi connectivity index (χ1) is 11.2. The van der Waals surface area contributed by atoms with Crippen molar-refractivity contribution in [2.75, 3.05) is 6.54 Å². The van der Waals surface area contributed by atoms with E-state index < -0.39 is 0 Å². The molecule has 0 atom stereocenters. The fraction of sp³-hybridized carbons (Fsp3) is 0.278. The smallest absolute Gasteiger partial charge is 0.274 e. The summed E-state index contributed by atoms with van der Waals surface area (Å²) < 4.78 is 1.51. The van der Waals surface area contributed by atoms with Crippen LogP contribution in [0.3, 0.4) is 0 Å². The van der Waals surface area contributed by atoms with Crippen LogP contribution >= 0.6 is 0 Å². The highest BCUT2D eigenvalue weighted by atomic mass is 16.1. The zero-order chi connectivity index (χ0) is 16.2. The molecular formula is C18H20N4O. The summed E-state index contributed by atoms with van der Waals surface area (Å²) in [5.41, 5.74) is 3.44. The molecule has 0 saturated heterocycles. The quantitative estimate of drug-likeness (QED) is 0.734. The molecule has 0 spiro atoms. The Bertz CT molecular complexity index is 865. The molecule has 0 aliphatic heterocycles. The van der Waals surface area contributed by atoms with E-state index in [1.54, 1.807) is 6.20 Å². The molecule has 3 rings (SSSR count). The van der Waals surface area contributed by atoms with E-state index >= 15 is 0 Å². The van der Waals surface area contributed by atoms with Crippen LogP contribution in [0.2, 0.25) is 0 Å². The number of aromatic nitrogens is 3. The second-order valence-electron chi connectivity index (χ2n) is 5.63. The van der Waals surface area contributed by atoms with Crippen molar-refractivity contribution in [2.24, 2.45) is 0 Å². The van der Waals surface area contributed by atoms with Crippen LogP contribution in [0.15, 0.2) is 47.5 Å². The summed E-state index contributed by atoms with van der Waals surface area (Å²) in [5.74, 6) is 0. The Morgan fingerprint density at radius 2 is 2.00 bits per heavy atom. The van der Waals surface area contributed by atoms with Gasteiger partial charge in [0.25, 0.3) is 5.56 Å². The van der Waals surface area contributed by atoms with Crippen molar-refractivity contribution < 1.29 is 0 Å². The van der Waals surface area contributed by atoms with Crippen molar-refractivity contribution in [3.63, 3.8) is 0 Å². The minimum absolute atomic E-state index is 0.0429. The van der Waals surface area contributed by atoms with Crippen molar-refractivity contribution >= 4 is 10.8 Å². The van der Waals surface area contributed by atoms with Crippen LogP contribution in [0.5, 0.6) is 0 Å². The topological polar surface area (TPSA) is 59.8 Å². The zero-order valence-corrected chi connectivity index (χ0v) is 13.4. The van der Waals surface area contributed by atoms with Crippen LogP contribution in [0.1, 0.15) is 16.8 Å². The van der Waals surface area contributed by atoms with E-state index in [4.69, 9.17) is 0 Å². The fourth-order valence-electron chi connectivity index (χ4n) is 2.68. The lowest BCUT2D eigenvalue weighted by atomic mass is 10.1. The van der Waals surface area contributed by atoms with Gasteiger partial charge in [0, 0.05) is 30.4 Å². The van der Waals surface area contributed by atoms with Crippen molar-refractivity contribution in [3.8, 4) is 0 Å². The highest BCUT2D eigenvalue weighted by Crippen LogP contribution is 2.10. The Balaban J connectivity index is 1.65. The third-order valence-electron chi connectivity index (χ3n) is 4.07. The van der Waals surface area contributed by atoms with Gasteiger partial charge in [0.15, 0.2) is 0 Å². The van der Waals surface area contributed by atoms with Gasteiger partial charge in [-0.3, -0.25) is 9.78 Å². The summed E-state index contributed by atoms with van der Waals surface area (Å²) in [5, 5.41) is 9.19. The summed E-state index contributed by atoms with van der Waals surface area (Å²) >= 11 is 0. The number of nitrogens with zero attached hydrogens (tertiary/aromatic N) is 3. The summed E-state index contributed by atoms with van der Waals surface area (Å²) in [4.78, 5) is 16.7. The summed E-state index contributed by atoms with van der Waals surface area (Å²) in [6, 6.07) is 9.54. The van der Waals surface area contributed by atoms with Crippen LogP contribution in [0.25, 0.3) is 10.8 Å². The summed E-state index contributed by atoms with van der Waals surface area (Å²) in [7, 11) is 0. The molecule has 2 heterocycles. The van der Waals surface area contributed by atoms with Gasteiger partial charge in [0.2, 0.25) is 0 Å². The van der Waals surface area contributed by atoms with Crippen LogP contribution < -0.4 is 10.9 Å². The molecule has 23 heavy (non-hydrogen) atoms. The average molecular weight is 308 g/mol. The lowest BCUT2D eigenvalue weighted by Gasteiger charge is -2.11. The maximum absolute atomic E-state index is 12.4. The number of aryl methyl sites for hydroxylation is 2. The second-order valence-corrected chi connectivity index (χ2v) is 5.63. The number of hydrogen-bond acceptors (Lipinski definition) is 4. The normalized spacial score (nSPS) is 11.0. The molecule has 1 aromatic carbocycles. The van der Waals surface area contributed by atoms with E-state index in [2.05, 4.69) is 22.3 Å². The van der Waals surface area contributed by atoms with Crippen LogP contribution in [0, 0.1) is 13.8 Å². The molecule has 0 aliphatic carbocycles. The first-order valence-electron chi connectivity index (χ1n) is 7.73. The van der Waals surface area contributed by atoms with Crippen LogP contribution in [-0.2, 0) is 13.1 Å². The molecular weight excluding hydrogens is 288 g/mol. The van der Waals surface area contributed by atoms with E-state index in [1.807, 2.05) is 43.5 Å². The Kier molecular flexibility index (Phi) is 4.48. The predicted molar refractivity (Wildman–Crippen MR) is 91.4 cm³/mol. The van der Waals surface area contributed by atoms with Crippen molar-refractivity contribution in [1.29, 1.82) is 0 Å². The number of nitrogens with one attached hydrogen (secondary N) is 1. The van der Waals surface area contributed by atoms with Gasteiger partial charge in [0.1, 0.15) is 0 Å². The monoisotopic (exact) mass is 308 g/mol. The third kappa shape index (κ3) is 3.29. The van der Waals surface area contributed by atoms with Crippen LogP contribution in [-0.4, -0.2) is 21.3 Å². The predicted octanol–water partition coefficient (Wildman–Crippen LogP) is 2.20. The van der Waals surface area contributed by atoms with Gasteiger partial charge >= 0.3 is 0 Å². The summed E-state index contributed by atoms with van der Waals surface area (Å²) in [6.45, 7) is 6.06. The maximum Gasteiger partial charge on any atom is 0.274 e. The molecule has 0 radical (unpaired) electrons. The third-order valence-corrected chi connectivity index (χ3v) is 4.07. The lowest BCUT2D eigenvalue weighted by molar-refractivity contribution is 0.534.